The van der Waals surface area contributed by atoms with Crippen LogP contribution in [0.3, 0.4) is 0 Å². The molecule has 0 aliphatic carbocycles. The van der Waals surface area contributed by atoms with Crippen LogP contribution in [0, 0.1) is 11.3 Å². The third-order valence-electron chi connectivity index (χ3n) is 3.38. The normalized spacial score (nSPS) is 19.2. The van der Waals surface area contributed by atoms with Gasteiger partial charge in [0.2, 0.25) is 0 Å². The first-order valence-electron chi connectivity index (χ1n) is 6.82. The number of rotatable bonds is 9. The first kappa shape index (κ1) is 17.3. The Bertz CT molecular complexity index is 192. The summed E-state index contributed by atoms with van der Waals surface area (Å²) in [5.41, 5.74) is -0.115. The minimum absolute atomic E-state index is 0.115. The van der Waals surface area contributed by atoms with Crippen molar-refractivity contribution in [2.24, 2.45) is 11.3 Å². The van der Waals surface area contributed by atoms with Crippen molar-refractivity contribution in [2.45, 2.75) is 66.0 Å². The van der Waals surface area contributed by atoms with E-state index in [4.69, 9.17) is 8.85 Å². The lowest BCUT2D eigenvalue weighted by Crippen LogP contribution is -2.45. The molecular formula is C12H30O3Si2. The molecule has 0 aromatic carbocycles. The van der Waals surface area contributed by atoms with Gasteiger partial charge in [0.25, 0.3) is 0 Å². The summed E-state index contributed by atoms with van der Waals surface area (Å²) in [5, 5.41) is 9.98. The molecular weight excluding hydrogens is 248 g/mol. The zero-order valence-electron chi connectivity index (χ0n) is 12.3. The molecule has 0 bridgehead atoms. The van der Waals surface area contributed by atoms with E-state index in [0.29, 0.717) is 0 Å². The second-order valence-electron chi connectivity index (χ2n) is 5.20. The highest BCUT2D eigenvalue weighted by Crippen LogP contribution is 2.38. The minimum atomic E-state index is -0.488. The summed E-state index contributed by atoms with van der Waals surface area (Å²) in [6.45, 7) is 12.6. The van der Waals surface area contributed by atoms with E-state index in [1.54, 1.807) is 0 Å². The van der Waals surface area contributed by atoms with Crippen molar-refractivity contribution in [3.05, 3.63) is 0 Å². The summed E-state index contributed by atoms with van der Waals surface area (Å²) in [7, 11) is -0.977. The van der Waals surface area contributed by atoms with Crippen LogP contribution in [0.15, 0.2) is 0 Å². The van der Waals surface area contributed by atoms with E-state index in [1.165, 1.54) is 0 Å². The molecule has 0 aliphatic heterocycles. The lowest BCUT2D eigenvalue weighted by Gasteiger charge is -2.42. The van der Waals surface area contributed by atoms with Crippen LogP contribution in [0.5, 0.6) is 0 Å². The second-order valence-corrected chi connectivity index (χ2v) is 7.02. The fourth-order valence-electron chi connectivity index (χ4n) is 2.50. The summed E-state index contributed by atoms with van der Waals surface area (Å²) >= 11 is 0. The lowest BCUT2D eigenvalue weighted by atomic mass is 9.73. The maximum Gasteiger partial charge on any atom is 0.161 e. The summed E-state index contributed by atoms with van der Waals surface area (Å²) in [4.78, 5) is 0. The quantitative estimate of drug-likeness (QED) is 0.512. The molecule has 0 rings (SSSR count). The first-order valence-corrected chi connectivity index (χ1v) is 10.8. The van der Waals surface area contributed by atoms with Crippen LogP contribution in [0.4, 0.5) is 0 Å². The third kappa shape index (κ3) is 5.22. The molecule has 0 spiro atoms. The lowest BCUT2D eigenvalue weighted by molar-refractivity contribution is -0.126. The van der Waals surface area contributed by atoms with Crippen molar-refractivity contribution in [2.75, 3.05) is 0 Å². The highest BCUT2D eigenvalue weighted by atomic mass is 28.2. The maximum atomic E-state index is 9.98. The van der Waals surface area contributed by atoms with Gasteiger partial charge in [-0.15, -0.1) is 0 Å². The minimum Gasteiger partial charge on any atom is -0.400 e. The van der Waals surface area contributed by atoms with E-state index in [9.17, 15) is 5.11 Å². The van der Waals surface area contributed by atoms with Gasteiger partial charge in [-0.25, -0.2) is 0 Å². The van der Waals surface area contributed by atoms with Crippen molar-refractivity contribution >= 4 is 19.5 Å². The Labute approximate surface area is 111 Å². The van der Waals surface area contributed by atoms with Gasteiger partial charge in [0.05, 0.1) is 6.10 Å². The summed E-state index contributed by atoms with van der Waals surface area (Å²) < 4.78 is 11.7. The van der Waals surface area contributed by atoms with Crippen LogP contribution in [-0.4, -0.2) is 37.0 Å². The Hall–Kier alpha value is 0.314. The summed E-state index contributed by atoms with van der Waals surface area (Å²) in [6, 6.07) is 0. The molecule has 0 saturated carbocycles. The van der Waals surface area contributed by atoms with Gasteiger partial charge >= 0.3 is 0 Å². The molecule has 3 nitrogen and oxygen atoms in total. The standard InChI is InChI=1S/C12H30O3Si2/c1-7-8-10(9(2)13)12(3,4)11(14-16-5)15-17-6/h9-11,13H,7-8,16-17H2,1-6H3/t9-,10+/m0/s1. The number of aliphatic hydroxyl groups excluding tert-OH is 1. The Kier molecular flexibility index (Phi) is 8.58. The smallest absolute Gasteiger partial charge is 0.161 e. The molecule has 0 amide bonds. The summed E-state index contributed by atoms with van der Waals surface area (Å²) in [6.07, 6.45) is 1.67. The van der Waals surface area contributed by atoms with E-state index < -0.39 is 19.5 Å². The van der Waals surface area contributed by atoms with Crippen LogP contribution >= 0.6 is 0 Å². The van der Waals surface area contributed by atoms with Gasteiger partial charge in [0, 0.05) is 5.41 Å². The van der Waals surface area contributed by atoms with Crippen molar-refractivity contribution < 1.29 is 14.0 Å². The molecule has 0 aliphatic rings. The Morgan fingerprint density at radius 1 is 1.18 bits per heavy atom. The van der Waals surface area contributed by atoms with Crippen LogP contribution in [0.1, 0.15) is 40.5 Å². The average Bonchev–Trinajstić information content (AvgIpc) is 2.24. The fourth-order valence-corrected chi connectivity index (χ4v) is 4.35. The molecule has 0 aromatic heterocycles. The predicted molar refractivity (Wildman–Crippen MR) is 78.6 cm³/mol. The van der Waals surface area contributed by atoms with Crippen molar-refractivity contribution in [3.63, 3.8) is 0 Å². The van der Waals surface area contributed by atoms with Gasteiger partial charge in [0.1, 0.15) is 6.29 Å². The SMILES string of the molecule is CCC[C@H]([C@H](C)O)C(C)(C)C(O[SiH2]C)O[SiH2]C. The maximum absolute atomic E-state index is 9.98. The highest BCUT2D eigenvalue weighted by Gasteiger charge is 2.39. The highest BCUT2D eigenvalue weighted by molar-refractivity contribution is 6.26. The third-order valence-corrected chi connectivity index (χ3v) is 4.65. The number of hydrogen-bond donors (Lipinski definition) is 1. The second kappa shape index (κ2) is 8.42. The van der Waals surface area contributed by atoms with E-state index in [1.807, 2.05) is 6.92 Å². The van der Waals surface area contributed by atoms with Crippen LogP contribution in [-0.2, 0) is 8.85 Å². The van der Waals surface area contributed by atoms with Gasteiger partial charge in [-0.05, 0) is 19.3 Å². The first-order chi connectivity index (χ1) is 7.91. The topological polar surface area (TPSA) is 38.7 Å². The van der Waals surface area contributed by atoms with Crippen LogP contribution in [0.25, 0.3) is 0 Å². The fraction of sp³-hybridized carbons (Fsp3) is 1.00. The zero-order valence-corrected chi connectivity index (χ0v) is 15.2. The average molecular weight is 279 g/mol. The van der Waals surface area contributed by atoms with Gasteiger partial charge in [-0.2, -0.15) is 0 Å². The largest absolute Gasteiger partial charge is 0.400 e. The van der Waals surface area contributed by atoms with Crippen molar-refractivity contribution in [3.8, 4) is 0 Å². The molecule has 104 valence electrons. The summed E-state index contributed by atoms with van der Waals surface area (Å²) in [5.74, 6) is 0.235. The van der Waals surface area contributed by atoms with Crippen molar-refractivity contribution in [1.29, 1.82) is 0 Å². The Morgan fingerprint density at radius 3 is 1.94 bits per heavy atom. The van der Waals surface area contributed by atoms with Crippen LogP contribution in [0.2, 0.25) is 13.1 Å². The van der Waals surface area contributed by atoms with Gasteiger partial charge in [0.15, 0.2) is 19.5 Å². The molecule has 2 atom stereocenters. The molecule has 5 heteroatoms. The van der Waals surface area contributed by atoms with Crippen molar-refractivity contribution in [1.82, 2.24) is 0 Å². The molecule has 0 fully saturated rings. The predicted octanol–water partition coefficient (Wildman–Crippen LogP) is 1.43. The Morgan fingerprint density at radius 2 is 1.65 bits per heavy atom. The number of aliphatic hydroxyl groups is 1. The van der Waals surface area contributed by atoms with Crippen LogP contribution < -0.4 is 0 Å². The monoisotopic (exact) mass is 278 g/mol. The zero-order chi connectivity index (χ0) is 13.5. The van der Waals surface area contributed by atoms with Gasteiger partial charge in [-0.1, -0.05) is 40.3 Å². The molecule has 0 saturated heterocycles. The molecule has 17 heavy (non-hydrogen) atoms. The molecule has 0 aromatic rings. The van der Waals surface area contributed by atoms with Gasteiger partial charge < -0.3 is 14.0 Å². The van der Waals surface area contributed by atoms with E-state index in [-0.39, 0.29) is 23.7 Å². The molecule has 0 heterocycles. The van der Waals surface area contributed by atoms with E-state index in [0.717, 1.165) is 12.8 Å². The molecule has 0 radical (unpaired) electrons. The number of hydrogen-bond acceptors (Lipinski definition) is 3. The van der Waals surface area contributed by atoms with Gasteiger partial charge in [-0.3, -0.25) is 0 Å². The Balaban J connectivity index is 4.85. The molecule has 1 N–H and O–H groups in total. The van der Waals surface area contributed by atoms with E-state index >= 15 is 0 Å². The van der Waals surface area contributed by atoms with E-state index in [2.05, 4.69) is 33.9 Å². The molecule has 0 unspecified atom stereocenters.